The van der Waals surface area contributed by atoms with Crippen LogP contribution in [0, 0.1) is 0 Å². The third-order valence-corrected chi connectivity index (χ3v) is 5.75. The molecule has 1 N–H and O–H groups in total. The summed E-state index contributed by atoms with van der Waals surface area (Å²) in [5.74, 6) is 1.48. The van der Waals surface area contributed by atoms with Gasteiger partial charge in [0, 0.05) is 35.0 Å². The van der Waals surface area contributed by atoms with Gasteiger partial charge in [-0.25, -0.2) is 0 Å². The Bertz CT molecular complexity index is 1130. The van der Waals surface area contributed by atoms with Gasteiger partial charge in [0.05, 0.1) is 11.3 Å². The second kappa shape index (κ2) is 7.77. The van der Waals surface area contributed by atoms with Gasteiger partial charge in [0.25, 0.3) is 5.56 Å². The summed E-state index contributed by atoms with van der Waals surface area (Å²) in [5.41, 5.74) is 1.53. The Balaban J connectivity index is 1.42. The van der Waals surface area contributed by atoms with Crippen molar-refractivity contribution in [2.45, 2.75) is 11.4 Å². The number of hydrogen-bond acceptors (Lipinski definition) is 5. The van der Waals surface area contributed by atoms with Gasteiger partial charge in [-0.2, -0.15) is 0 Å². The average Bonchev–Trinajstić information content (AvgIpc) is 3.16. The van der Waals surface area contributed by atoms with E-state index in [-0.39, 0.29) is 24.0 Å². The molecule has 0 saturated heterocycles. The number of halogens is 1. The van der Waals surface area contributed by atoms with Crippen molar-refractivity contribution in [1.29, 1.82) is 0 Å². The van der Waals surface area contributed by atoms with Crippen molar-refractivity contribution < 1.29 is 14.3 Å². The minimum atomic E-state index is -0.141. The molecule has 28 heavy (non-hydrogen) atoms. The van der Waals surface area contributed by atoms with E-state index < -0.39 is 0 Å². The molecule has 1 aliphatic rings. The summed E-state index contributed by atoms with van der Waals surface area (Å²) in [4.78, 5) is 25.2. The summed E-state index contributed by atoms with van der Waals surface area (Å²) in [6.07, 6.45) is 0. The molecule has 0 fully saturated rings. The van der Waals surface area contributed by atoms with Gasteiger partial charge in [0.2, 0.25) is 12.7 Å². The van der Waals surface area contributed by atoms with E-state index in [9.17, 15) is 9.59 Å². The molecular formula is C20H17ClN2O4S. The van der Waals surface area contributed by atoms with Crippen LogP contribution in [-0.4, -0.2) is 23.0 Å². The van der Waals surface area contributed by atoms with Crippen molar-refractivity contribution >= 4 is 40.2 Å². The molecule has 0 spiro atoms. The Morgan fingerprint density at radius 3 is 2.86 bits per heavy atom. The smallest absolute Gasteiger partial charge is 0.251 e. The van der Waals surface area contributed by atoms with E-state index >= 15 is 0 Å². The molecule has 0 unspecified atom stereocenters. The lowest BCUT2D eigenvalue weighted by Crippen LogP contribution is -2.24. The Labute approximate surface area is 170 Å². The maximum absolute atomic E-state index is 12.3. The first-order valence-corrected chi connectivity index (χ1v) is 9.95. The molecule has 2 heterocycles. The van der Waals surface area contributed by atoms with E-state index in [0.717, 1.165) is 21.4 Å². The van der Waals surface area contributed by atoms with Crippen molar-refractivity contribution in [2.75, 3.05) is 12.5 Å². The summed E-state index contributed by atoms with van der Waals surface area (Å²) < 4.78 is 12.2. The van der Waals surface area contributed by atoms with Crippen LogP contribution in [0.25, 0.3) is 10.9 Å². The zero-order chi connectivity index (χ0) is 19.7. The number of carbonyl (C=O) groups excluding carboxylic acids is 1. The number of pyridine rings is 1. The van der Waals surface area contributed by atoms with Crippen LogP contribution in [0.2, 0.25) is 5.02 Å². The number of nitrogens with one attached hydrogen (secondary N) is 1. The largest absolute Gasteiger partial charge is 0.454 e. The first-order valence-electron chi connectivity index (χ1n) is 8.58. The van der Waals surface area contributed by atoms with Crippen LogP contribution in [0.1, 0.15) is 5.56 Å². The molecule has 0 bridgehead atoms. The minimum absolute atomic E-state index is 0.120. The van der Waals surface area contributed by atoms with Crippen LogP contribution >= 0.6 is 23.4 Å². The first kappa shape index (κ1) is 18.7. The standard InChI is InChI=1S/C20H17ClN2O4S/c1-23-15-7-13(21)3-4-14(15)18(8-20(23)25)28-10-19(24)22-9-12-2-5-16-17(6-12)27-11-26-16/h2-8H,9-11H2,1H3,(H,22,24). The molecule has 3 aromatic rings. The molecule has 2 aromatic carbocycles. The van der Waals surface area contributed by atoms with E-state index in [1.165, 1.54) is 11.8 Å². The van der Waals surface area contributed by atoms with Gasteiger partial charge in [0.15, 0.2) is 11.5 Å². The number of nitrogens with zero attached hydrogens (tertiary/aromatic N) is 1. The molecule has 1 amide bonds. The van der Waals surface area contributed by atoms with Crippen molar-refractivity contribution in [1.82, 2.24) is 9.88 Å². The SMILES string of the molecule is Cn1c(=O)cc(SCC(=O)NCc2ccc3c(c2)OCO3)c2ccc(Cl)cc21. The number of hydrogen-bond donors (Lipinski definition) is 1. The molecule has 4 rings (SSSR count). The summed E-state index contributed by atoms with van der Waals surface area (Å²) >= 11 is 7.38. The second-order valence-electron chi connectivity index (χ2n) is 6.32. The molecule has 0 saturated carbocycles. The van der Waals surface area contributed by atoms with Crippen LogP contribution in [0.5, 0.6) is 11.5 Å². The van der Waals surface area contributed by atoms with Gasteiger partial charge in [-0.1, -0.05) is 23.7 Å². The van der Waals surface area contributed by atoms with Gasteiger partial charge in [-0.3, -0.25) is 9.59 Å². The molecule has 0 radical (unpaired) electrons. The minimum Gasteiger partial charge on any atom is -0.454 e. The van der Waals surface area contributed by atoms with Crippen molar-refractivity contribution in [2.24, 2.45) is 7.05 Å². The number of rotatable bonds is 5. The predicted octanol–water partition coefficient (Wildman–Crippen LogP) is 3.33. The molecule has 1 aromatic heterocycles. The Hall–Kier alpha value is -2.64. The zero-order valence-electron chi connectivity index (χ0n) is 15.0. The summed E-state index contributed by atoms with van der Waals surface area (Å²) in [7, 11) is 1.70. The molecule has 144 valence electrons. The number of amides is 1. The molecule has 1 aliphatic heterocycles. The van der Waals surface area contributed by atoms with Crippen molar-refractivity contribution in [3.63, 3.8) is 0 Å². The highest BCUT2D eigenvalue weighted by atomic mass is 35.5. The van der Waals surface area contributed by atoms with Gasteiger partial charge in [0.1, 0.15) is 0 Å². The molecule has 0 atom stereocenters. The van der Waals surface area contributed by atoms with E-state index in [1.54, 1.807) is 29.8 Å². The zero-order valence-corrected chi connectivity index (χ0v) is 16.6. The van der Waals surface area contributed by atoms with E-state index in [4.69, 9.17) is 21.1 Å². The number of thioether (sulfide) groups is 1. The fourth-order valence-electron chi connectivity index (χ4n) is 2.96. The highest BCUT2D eigenvalue weighted by Crippen LogP contribution is 2.32. The lowest BCUT2D eigenvalue weighted by Gasteiger charge is -2.10. The monoisotopic (exact) mass is 416 g/mol. The third kappa shape index (κ3) is 3.81. The van der Waals surface area contributed by atoms with E-state index in [1.807, 2.05) is 24.3 Å². The number of ether oxygens (including phenoxy) is 2. The number of aryl methyl sites for hydroxylation is 1. The fraction of sp³-hybridized carbons (Fsp3) is 0.200. The molecule has 8 heteroatoms. The molecular weight excluding hydrogens is 400 g/mol. The van der Waals surface area contributed by atoms with Gasteiger partial charge in [-0.15, -0.1) is 11.8 Å². The van der Waals surface area contributed by atoms with Crippen LogP contribution < -0.4 is 20.3 Å². The lowest BCUT2D eigenvalue weighted by molar-refractivity contribution is -0.118. The topological polar surface area (TPSA) is 69.6 Å². The van der Waals surface area contributed by atoms with Crippen LogP contribution in [0.3, 0.4) is 0 Å². The second-order valence-corrected chi connectivity index (χ2v) is 7.77. The summed E-state index contributed by atoms with van der Waals surface area (Å²) in [6, 6.07) is 12.5. The van der Waals surface area contributed by atoms with Gasteiger partial charge >= 0.3 is 0 Å². The average molecular weight is 417 g/mol. The summed E-state index contributed by atoms with van der Waals surface area (Å²) in [6.45, 7) is 0.612. The van der Waals surface area contributed by atoms with Crippen LogP contribution in [0.4, 0.5) is 0 Å². The van der Waals surface area contributed by atoms with Gasteiger partial charge < -0.3 is 19.4 Å². The number of aromatic nitrogens is 1. The highest BCUT2D eigenvalue weighted by molar-refractivity contribution is 8.00. The Morgan fingerprint density at radius 1 is 1.18 bits per heavy atom. The number of fused-ring (bicyclic) bond motifs is 2. The normalized spacial score (nSPS) is 12.4. The first-order chi connectivity index (χ1) is 13.5. The van der Waals surface area contributed by atoms with Crippen LogP contribution in [-0.2, 0) is 18.4 Å². The maximum atomic E-state index is 12.3. The van der Waals surface area contributed by atoms with E-state index in [0.29, 0.717) is 23.1 Å². The Morgan fingerprint density at radius 2 is 2.00 bits per heavy atom. The summed E-state index contributed by atoms with van der Waals surface area (Å²) in [5, 5.41) is 4.33. The van der Waals surface area contributed by atoms with Crippen LogP contribution in [0.15, 0.2) is 52.2 Å². The van der Waals surface area contributed by atoms with E-state index in [2.05, 4.69) is 5.32 Å². The number of carbonyl (C=O) groups is 1. The van der Waals surface area contributed by atoms with Crippen molar-refractivity contribution in [3.8, 4) is 11.5 Å². The predicted molar refractivity (Wildman–Crippen MR) is 109 cm³/mol. The fourth-order valence-corrected chi connectivity index (χ4v) is 4.03. The Kier molecular flexibility index (Phi) is 5.19. The van der Waals surface area contributed by atoms with Crippen molar-refractivity contribution in [3.05, 3.63) is 63.4 Å². The molecule has 6 nitrogen and oxygen atoms in total. The third-order valence-electron chi connectivity index (χ3n) is 4.46. The van der Waals surface area contributed by atoms with Gasteiger partial charge in [-0.05, 0) is 29.8 Å². The molecule has 0 aliphatic carbocycles. The number of benzene rings is 2. The quantitative estimate of drug-likeness (QED) is 0.646. The lowest BCUT2D eigenvalue weighted by atomic mass is 10.2. The maximum Gasteiger partial charge on any atom is 0.251 e. The highest BCUT2D eigenvalue weighted by Gasteiger charge is 2.14.